The molecule has 1 aliphatic heterocycles. The number of thioether (sulfide) groups is 1. The van der Waals surface area contributed by atoms with Gasteiger partial charge in [-0.15, -0.1) is 11.3 Å². The van der Waals surface area contributed by atoms with Crippen LogP contribution in [-0.2, 0) is 33.0 Å². The third-order valence-corrected chi connectivity index (χ3v) is 8.55. The van der Waals surface area contributed by atoms with Crippen molar-refractivity contribution in [2.75, 3.05) is 12.3 Å². The molecule has 0 bridgehead atoms. The second-order valence-electron chi connectivity index (χ2n) is 8.96. The molecule has 0 radical (unpaired) electrons. The van der Waals surface area contributed by atoms with Gasteiger partial charge in [0.15, 0.2) is 6.04 Å². The number of rotatable bonds is 12. The van der Waals surface area contributed by atoms with E-state index in [4.69, 9.17) is 0 Å². The Morgan fingerprint density at radius 1 is 0.973 bits per heavy atom. The largest absolute Gasteiger partial charge is 0.480 e. The van der Waals surface area contributed by atoms with Crippen LogP contribution in [0.5, 0.6) is 0 Å². The fraction of sp³-hybridized carbons (Fsp3) is 0.321. The predicted molar refractivity (Wildman–Crippen MR) is 146 cm³/mol. The van der Waals surface area contributed by atoms with E-state index in [2.05, 4.69) is 5.32 Å². The summed E-state index contributed by atoms with van der Waals surface area (Å²) in [6.45, 7) is 0.284. The van der Waals surface area contributed by atoms with Crippen molar-refractivity contribution in [1.29, 1.82) is 0 Å². The van der Waals surface area contributed by atoms with Gasteiger partial charge in [0, 0.05) is 22.9 Å². The number of carbonyl (C=O) groups excluding carboxylic acids is 1. The van der Waals surface area contributed by atoms with Gasteiger partial charge in [-0.1, -0.05) is 60.7 Å². The molecule has 0 unspecified atom stereocenters. The minimum Gasteiger partial charge on any atom is -0.480 e. The predicted octanol–water partition coefficient (Wildman–Crippen LogP) is 4.24. The number of carboxylic acids is 2. The number of hydrogen-bond acceptors (Lipinski definition) is 6. The zero-order valence-electron chi connectivity index (χ0n) is 20.3. The van der Waals surface area contributed by atoms with E-state index in [9.17, 15) is 24.6 Å². The van der Waals surface area contributed by atoms with Gasteiger partial charge in [0.05, 0.1) is 6.04 Å². The van der Waals surface area contributed by atoms with E-state index in [1.807, 2.05) is 66.0 Å². The zero-order valence-corrected chi connectivity index (χ0v) is 21.9. The van der Waals surface area contributed by atoms with Crippen LogP contribution in [0.25, 0.3) is 0 Å². The Labute approximate surface area is 224 Å². The van der Waals surface area contributed by atoms with Crippen molar-refractivity contribution in [3.05, 3.63) is 93.7 Å². The number of carboxylic acid groups (broad SMARTS) is 2. The number of hydrogen-bond donors (Lipinski definition) is 3. The standard InChI is InChI=1S/C28H30N2O5S2/c31-26(30-15-13-24-21(14-16-37-24)25(30)28(34)35)23(18-36-17-20-9-5-2-6-10-20)29-22(27(32)33)12-11-19-7-3-1-4-8-19/h1-10,14,16,22-23,25,29H,11-13,15,17-18H2,(H,32,33)(H,34,35)/t22-,23+,25-/m1/s1. The Morgan fingerprint density at radius 2 is 1.65 bits per heavy atom. The average Bonchev–Trinajstić information content (AvgIpc) is 3.39. The highest BCUT2D eigenvalue weighted by molar-refractivity contribution is 7.98. The van der Waals surface area contributed by atoms with Gasteiger partial charge in [0.2, 0.25) is 5.91 Å². The van der Waals surface area contributed by atoms with E-state index >= 15 is 0 Å². The molecule has 1 aliphatic rings. The molecule has 37 heavy (non-hydrogen) atoms. The molecule has 2 aromatic carbocycles. The summed E-state index contributed by atoms with van der Waals surface area (Å²) >= 11 is 3.02. The summed E-state index contributed by atoms with van der Waals surface area (Å²) in [7, 11) is 0. The Morgan fingerprint density at radius 3 is 2.30 bits per heavy atom. The van der Waals surface area contributed by atoms with Crippen molar-refractivity contribution in [3.63, 3.8) is 0 Å². The Balaban J connectivity index is 1.52. The molecule has 0 saturated carbocycles. The van der Waals surface area contributed by atoms with Crippen molar-refractivity contribution in [1.82, 2.24) is 10.2 Å². The Kier molecular flexibility index (Phi) is 9.38. The fourth-order valence-electron chi connectivity index (χ4n) is 4.56. The summed E-state index contributed by atoms with van der Waals surface area (Å²) in [5.41, 5.74) is 2.76. The summed E-state index contributed by atoms with van der Waals surface area (Å²) < 4.78 is 0. The first kappa shape index (κ1) is 26.9. The first-order valence-electron chi connectivity index (χ1n) is 12.2. The molecule has 3 atom stereocenters. The number of thiophene rings is 1. The summed E-state index contributed by atoms with van der Waals surface area (Å²) in [6.07, 6.45) is 1.44. The molecular formula is C28H30N2O5S2. The SMILES string of the molecule is O=C(O)[C@@H](CCc1ccccc1)N[C@@H](CSCc1ccccc1)C(=O)N1CCc2sccc2[C@@H]1C(=O)O. The van der Waals surface area contributed by atoms with Gasteiger partial charge in [-0.25, -0.2) is 4.79 Å². The molecule has 4 rings (SSSR count). The minimum absolute atomic E-state index is 0.284. The topological polar surface area (TPSA) is 107 Å². The maximum Gasteiger partial charge on any atom is 0.331 e. The number of benzene rings is 2. The van der Waals surface area contributed by atoms with E-state index in [-0.39, 0.29) is 12.5 Å². The van der Waals surface area contributed by atoms with Crippen molar-refractivity contribution < 1.29 is 24.6 Å². The van der Waals surface area contributed by atoms with Crippen LogP contribution in [0.2, 0.25) is 0 Å². The van der Waals surface area contributed by atoms with Crippen molar-refractivity contribution in [2.45, 2.75) is 43.1 Å². The van der Waals surface area contributed by atoms with Crippen LogP contribution >= 0.6 is 23.1 Å². The maximum atomic E-state index is 13.8. The van der Waals surface area contributed by atoms with Crippen LogP contribution in [0.4, 0.5) is 0 Å². The lowest BCUT2D eigenvalue weighted by Crippen LogP contribution is -2.56. The molecular weight excluding hydrogens is 508 g/mol. The molecule has 3 aromatic rings. The highest BCUT2D eigenvalue weighted by atomic mass is 32.2. The lowest BCUT2D eigenvalue weighted by molar-refractivity contribution is -0.152. The van der Waals surface area contributed by atoms with Crippen molar-refractivity contribution in [2.24, 2.45) is 0 Å². The lowest BCUT2D eigenvalue weighted by atomic mass is 9.98. The Hall–Kier alpha value is -3.14. The summed E-state index contributed by atoms with van der Waals surface area (Å²) in [6, 6.07) is 18.4. The molecule has 194 valence electrons. The second-order valence-corrected chi connectivity index (χ2v) is 11.0. The first-order valence-corrected chi connectivity index (χ1v) is 14.2. The quantitative estimate of drug-likeness (QED) is 0.317. The molecule has 0 saturated heterocycles. The summed E-state index contributed by atoms with van der Waals surface area (Å²) in [4.78, 5) is 40.6. The van der Waals surface area contributed by atoms with E-state index in [1.165, 1.54) is 28.0 Å². The number of fused-ring (bicyclic) bond motifs is 1. The van der Waals surface area contributed by atoms with Crippen LogP contribution in [0.1, 0.15) is 34.0 Å². The van der Waals surface area contributed by atoms with Gasteiger partial charge in [0.1, 0.15) is 6.04 Å². The van der Waals surface area contributed by atoms with Gasteiger partial charge in [-0.2, -0.15) is 11.8 Å². The number of aryl methyl sites for hydroxylation is 1. The highest BCUT2D eigenvalue weighted by Gasteiger charge is 2.40. The summed E-state index contributed by atoms with van der Waals surface area (Å²) in [5, 5.41) is 24.9. The van der Waals surface area contributed by atoms with Crippen LogP contribution in [-0.4, -0.2) is 57.3 Å². The normalized spacial score (nSPS) is 16.5. The smallest absolute Gasteiger partial charge is 0.331 e. The van der Waals surface area contributed by atoms with Crippen LogP contribution in [0.3, 0.4) is 0 Å². The maximum absolute atomic E-state index is 13.8. The van der Waals surface area contributed by atoms with Crippen LogP contribution in [0, 0.1) is 0 Å². The number of nitrogens with one attached hydrogen (secondary N) is 1. The van der Waals surface area contributed by atoms with E-state index in [0.717, 1.165) is 16.0 Å². The molecule has 1 aromatic heterocycles. The minimum atomic E-state index is -1.08. The first-order chi connectivity index (χ1) is 17.9. The lowest BCUT2D eigenvalue weighted by Gasteiger charge is -2.36. The summed E-state index contributed by atoms with van der Waals surface area (Å²) in [5.74, 6) is -1.51. The molecule has 9 heteroatoms. The molecule has 3 N–H and O–H groups in total. The van der Waals surface area contributed by atoms with Crippen LogP contribution in [0.15, 0.2) is 72.1 Å². The number of nitrogens with zero attached hydrogens (tertiary/aromatic N) is 1. The average molecular weight is 539 g/mol. The fourth-order valence-corrected chi connectivity index (χ4v) is 6.48. The third kappa shape index (κ3) is 7.00. The van der Waals surface area contributed by atoms with Gasteiger partial charge < -0.3 is 15.1 Å². The molecule has 0 spiro atoms. The number of carbonyl (C=O) groups is 3. The van der Waals surface area contributed by atoms with Gasteiger partial charge in [-0.3, -0.25) is 14.9 Å². The highest BCUT2D eigenvalue weighted by Crippen LogP contribution is 2.34. The van der Waals surface area contributed by atoms with Crippen molar-refractivity contribution in [3.8, 4) is 0 Å². The van der Waals surface area contributed by atoms with Crippen molar-refractivity contribution >= 4 is 40.9 Å². The van der Waals surface area contributed by atoms with Gasteiger partial charge >= 0.3 is 11.9 Å². The third-order valence-electron chi connectivity index (χ3n) is 6.44. The van der Waals surface area contributed by atoms with E-state index in [0.29, 0.717) is 36.3 Å². The molecule has 7 nitrogen and oxygen atoms in total. The number of amides is 1. The zero-order chi connectivity index (χ0) is 26.2. The van der Waals surface area contributed by atoms with Crippen LogP contribution < -0.4 is 5.32 Å². The second kappa shape index (κ2) is 12.9. The van der Waals surface area contributed by atoms with Gasteiger partial charge in [0.25, 0.3) is 0 Å². The molecule has 0 fully saturated rings. The van der Waals surface area contributed by atoms with E-state index in [1.54, 1.807) is 6.07 Å². The Bertz CT molecular complexity index is 1200. The monoisotopic (exact) mass is 538 g/mol. The van der Waals surface area contributed by atoms with E-state index < -0.39 is 30.1 Å². The molecule has 2 heterocycles. The molecule has 1 amide bonds. The van der Waals surface area contributed by atoms with Gasteiger partial charge in [-0.05, 0) is 47.4 Å². The molecule has 0 aliphatic carbocycles. The number of aliphatic carboxylic acids is 2.